The Hall–Kier alpha value is -3.58. The second-order valence-corrected chi connectivity index (χ2v) is 7.19. The van der Waals surface area contributed by atoms with E-state index in [1.54, 1.807) is 36.4 Å². The molecule has 0 N–H and O–H groups in total. The van der Waals surface area contributed by atoms with Crippen LogP contribution in [-0.4, -0.2) is 22.0 Å². The molecule has 2 heterocycles. The number of esters is 1. The Morgan fingerprint density at radius 2 is 1.86 bits per heavy atom. The van der Waals surface area contributed by atoms with Gasteiger partial charge in [0.25, 0.3) is 11.1 Å². The second-order valence-electron chi connectivity index (χ2n) is 6.19. The van der Waals surface area contributed by atoms with Crippen LogP contribution in [0.15, 0.2) is 82.3 Å². The SMILES string of the molecule is O=C(Oc1cccc(/C=C2\SC(=O)N(Cc3ccccc3)C2=O)c1)c1ccco1. The molecule has 0 bridgehead atoms. The number of thioether (sulfide) groups is 1. The summed E-state index contributed by atoms with van der Waals surface area (Å²) in [4.78, 5) is 38.5. The predicted molar refractivity (Wildman–Crippen MR) is 108 cm³/mol. The summed E-state index contributed by atoms with van der Waals surface area (Å²) in [6, 6.07) is 19.1. The number of hydrogen-bond acceptors (Lipinski definition) is 6. The first-order chi connectivity index (χ1) is 14.1. The number of imide groups is 1. The zero-order valence-corrected chi connectivity index (χ0v) is 15.9. The van der Waals surface area contributed by atoms with Crippen molar-refractivity contribution in [2.75, 3.05) is 0 Å². The first-order valence-electron chi connectivity index (χ1n) is 8.75. The third kappa shape index (κ3) is 4.30. The van der Waals surface area contributed by atoms with Gasteiger partial charge in [-0.25, -0.2) is 4.79 Å². The van der Waals surface area contributed by atoms with E-state index >= 15 is 0 Å². The van der Waals surface area contributed by atoms with Crippen LogP contribution >= 0.6 is 11.8 Å². The molecule has 0 spiro atoms. The smallest absolute Gasteiger partial charge is 0.379 e. The quantitative estimate of drug-likeness (QED) is 0.347. The van der Waals surface area contributed by atoms with Gasteiger partial charge in [-0.2, -0.15) is 0 Å². The Bertz CT molecular complexity index is 1090. The molecule has 3 aromatic rings. The maximum atomic E-state index is 12.7. The number of furan rings is 1. The monoisotopic (exact) mass is 405 g/mol. The molecular formula is C22H15NO5S. The maximum absolute atomic E-state index is 12.7. The molecule has 1 aromatic heterocycles. The van der Waals surface area contributed by atoms with Crippen molar-refractivity contribution in [1.29, 1.82) is 0 Å². The minimum atomic E-state index is -0.615. The van der Waals surface area contributed by atoms with Crippen molar-refractivity contribution in [1.82, 2.24) is 4.90 Å². The lowest BCUT2D eigenvalue weighted by atomic mass is 10.2. The average Bonchev–Trinajstić information content (AvgIpc) is 3.34. The summed E-state index contributed by atoms with van der Waals surface area (Å²) in [5.41, 5.74) is 1.52. The largest absolute Gasteiger partial charge is 0.457 e. The van der Waals surface area contributed by atoms with Crippen LogP contribution in [0, 0.1) is 0 Å². The minimum Gasteiger partial charge on any atom is -0.457 e. The Morgan fingerprint density at radius 3 is 2.62 bits per heavy atom. The molecule has 7 heteroatoms. The number of carbonyl (C=O) groups excluding carboxylic acids is 3. The molecule has 0 atom stereocenters. The topological polar surface area (TPSA) is 76.8 Å². The van der Waals surface area contributed by atoms with E-state index in [0.29, 0.717) is 16.2 Å². The molecule has 29 heavy (non-hydrogen) atoms. The van der Waals surface area contributed by atoms with Gasteiger partial charge in [-0.3, -0.25) is 14.5 Å². The van der Waals surface area contributed by atoms with Gasteiger partial charge in [0.1, 0.15) is 5.75 Å². The number of carbonyl (C=O) groups is 3. The Balaban J connectivity index is 1.50. The molecule has 1 fully saturated rings. The van der Waals surface area contributed by atoms with Crippen molar-refractivity contribution in [2.24, 2.45) is 0 Å². The Labute approximate surface area is 170 Å². The molecule has 2 aromatic carbocycles. The fraction of sp³-hybridized carbons (Fsp3) is 0.0455. The average molecular weight is 405 g/mol. The molecule has 1 aliphatic heterocycles. The third-order valence-corrected chi connectivity index (χ3v) is 5.05. The number of rotatable bonds is 5. The van der Waals surface area contributed by atoms with E-state index < -0.39 is 5.97 Å². The van der Waals surface area contributed by atoms with Crippen molar-refractivity contribution in [3.63, 3.8) is 0 Å². The minimum absolute atomic E-state index is 0.0948. The molecule has 6 nitrogen and oxygen atoms in total. The van der Waals surface area contributed by atoms with E-state index in [4.69, 9.17) is 9.15 Å². The van der Waals surface area contributed by atoms with Gasteiger partial charge < -0.3 is 9.15 Å². The fourth-order valence-electron chi connectivity index (χ4n) is 2.77. The first-order valence-corrected chi connectivity index (χ1v) is 9.57. The highest BCUT2D eigenvalue weighted by molar-refractivity contribution is 8.18. The number of amides is 2. The summed E-state index contributed by atoms with van der Waals surface area (Å²) in [6.45, 7) is 0.226. The Kier molecular flexibility index (Phi) is 5.31. The summed E-state index contributed by atoms with van der Waals surface area (Å²) < 4.78 is 10.3. The number of benzene rings is 2. The molecule has 0 aliphatic carbocycles. The predicted octanol–water partition coefficient (Wildman–Crippen LogP) is 4.74. The lowest BCUT2D eigenvalue weighted by Gasteiger charge is -2.12. The van der Waals surface area contributed by atoms with Crippen LogP contribution in [0.2, 0.25) is 0 Å². The Morgan fingerprint density at radius 1 is 1.03 bits per heavy atom. The van der Waals surface area contributed by atoms with E-state index in [0.717, 1.165) is 17.3 Å². The molecule has 0 unspecified atom stereocenters. The van der Waals surface area contributed by atoms with E-state index in [1.807, 2.05) is 30.3 Å². The van der Waals surface area contributed by atoms with Gasteiger partial charge >= 0.3 is 5.97 Å². The first kappa shape index (κ1) is 18.8. The molecule has 0 radical (unpaired) electrons. The van der Waals surface area contributed by atoms with E-state index in [2.05, 4.69) is 0 Å². The summed E-state index contributed by atoms with van der Waals surface area (Å²) in [7, 11) is 0. The van der Waals surface area contributed by atoms with Gasteiger partial charge in [-0.05, 0) is 53.2 Å². The van der Waals surface area contributed by atoms with Crippen LogP contribution in [0.1, 0.15) is 21.7 Å². The molecular weight excluding hydrogens is 390 g/mol. The highest BCUT2D eigenvalue weighted by Crippen LogP contribution is 2.33. The van der Waals surface area contributed by atoms with Crippen LogP contribution in [0.25, 0.3) is 6.08 Å². The summed E-state index contributed by atoms with van der Waals surface area (Å²) in [5, 5.41) is -0.314. The van der Waals surface area contributed by atoms with Gasteiger partial charge in [0.2, 0.25) is 5.76 Å². The highest BCUT2D eigenvalue weighted by atomic mass is 32.2. The van der Waals surface area contributed by atoms with Crippen molar-refractivity contribution >= 4 is 35.0 Å². The van der Waals surface area contributed by atoms with Gasteiger partial charge in [0.05, 0.1) is 17.7 Å². The molecule has 144 valence electrons. The fourth-order valence-corrected chi connectivity index (χ4v) is 3.61. The third-order valence-electron chi connectivity index (χ3n) is 4.15. The second kappa shape index (κ2) is 8.20. The lowest BCUT2D eigenvalue weighted by molar-refractivity contribution is -0.123. The molecule has 4 rings (SSSR count). The maximum Gasteiger partial charge on any atom is 0.379 e. The van der Waals surface area contributed by atoms with Crippen molar-refractivity contribution in [3.05, 3.63) is 94.8 Å². The molecule has 1 aliphatic rings. The zero-order chi connectivity index (χ0) is 20.2. The van der Waals surface area contributed by atoms with Gasteiger partial charge in [0.15, 0.2) is 0 Å². The molecule has 2 amide bonds. The van der Waals surface area contributed by atoms with E-state index in [1.165, 1.54) is 17.2 Å². The van der Waals surface area contributed by atoms with Crippen molar-refractivity contribution in [2.45, 2.75) is 6.54 Å². The summed E-state index contributed by atoms with van der Waals surface area (Å²) in [5.74, 6) is -0.557. The number of nitrogens with zero attached hydrogens (tertiary/aromatic N) is 1. The highest BCUT2D eigenvalue weighted by Gasteiger charge is 2.34. The molecule has 1 saturated heterocycles. The van der Waals surface area contributed by atoms with Crippen LogP contribution in [0.4, 0.5) is 4.79 Å². The lowest BCUT2D eigenvalue weighted by Crippen LogP contribution is -2.27. The number of hydrogen-bond donors (Lipinski definition) is 0. The van der Waals surface area contributed by atoms with Crippen LogP contribution in [0.5, 0.6) is 5.75 Å². The summed E-state index contributed by atoms with van der Waals surface area (Å²) >= 11 is 0.889. The van der Waals surface area contributed by atoms with Gasteiger partial charge in [-0.15, -0.1) is 0 Å². The zero-order valence-electron chi connectivity index (χ0n) is 15.1. The number of ether oxygens (including phenoxy) is 1. The van der Waals surface area contributed by atoms with Gasteiger partial charge in [-0.1, -0.05) is 42.5 Å². The van der Waals surface area contributed by atoms with Crippen LogP contribution in [0.3, 0.4) is 0 Å². The van der Waals surface area contributed by atoms with Crippen LogP contribution in [-0.2, 0) is 11.3 Å². The summed E-state index contributed by atoms with van der Waals surface area (Å²) in [6.07, 6.45) is 3.00. The van der Waals surface area contributed by atoms with Crippen molar-refractivity contribution < 1.29 is 23.5 Å². The molecule has 0 saturated carbocycles. The van der Waals surface area contributed by atoms with E-state index in [9.17, 15) is 14.4 Å². The van der Waals surface area contributed by atoms with Crippen LogP contribution < -0.4 is 4.74 Å². The standard InChI is InChI=1S/C22H15NO5S/c24-20-19(29-22(26)23(20)14-15-6-2-1-3-7-15)13-16-8-4-9-17(12-16)28-21(25)18-10-5-11-27-18/h1-13H,14H2/b19-13-. The normalized spacial score (nSPS) is 15.2. The van der Waals surface area contributed by atoms with Crippen molar-refractivity contribution in [3.8, 4) is 5.75 Å². The van der Waals surface area contributed by atoms with E-state index in [-0.39, 0.29) is 23.5 Å². The van der Waals surface area contributed by atoms with Gasteiger partial charge in [0, 0.05) is 0 Å².